The number of hydrogen-bond donors (Lipinski definition) is 0. The van der Waals surface area contributed by atoms with E-state index in [-0.39, 0.29) is 16.9 Å². The Kier molecular flexibility index (Phi) is 4.64. The summed E-state index contributed by atoms with van der Waals surface area (Å²) < 4.78 is 16.2. The van der Waals surface area contributed by atoms with Crippen LogP contribution in [0, 0.1) is 5.82 Å². The molecule has 0 N–H and O–H groups in total. The molecule has 3 aromatic carbocycles. The van der Waals surface area contributed by atoms with E-state index in [1.165, 1.54) is 39.4 Å². The van der Waals surface area contributed by atoms with Gasteiger partial charge in [0.05, 0.1) is 16.6 Å². The van der Waals surface area contributed by atoms with E-state index in [1.54, 1.807) is 36.4 Å². The Morgan fingerprint density at radius 3 is 2.32 bits per heavy atom. The maximum absolute atomic E-state index is 13.5. The van der Waals surface area contributed by atoms with Crippen molar-refractivity contribution in [2.75, 3.05) is 0 Å². The highest BCUT2D eigenvalue weighted by Gasteiger charge is 2.16. The van der Waals surface area contributed by atoms with Crippen LogP contribution in [0.4, 0.5) is 4.39 Å². The van der Waals surface area contributed by atoms with Crippen molar-refractivity contribution in [1.29, 1.82) is 0 Å². The fraction of sp³-hybridized carbons (Fsp3) is 0.0417. The lowest BCUT2D eigenvalue weighted by atomic mass is 10.1. The Hall–Kier alpha value is -3.77. The van der Waals surface area contributed by atoms with Gasteiger partial charge in [-0.05, 0) is 54.1 Å². The molecule has 31 heavy (non-hydrogen) atoms. The van der Waals surface area contributed by atoms with Crippen LogP contribution in [-0.2, 0) is 6.42 Å². The quantitative estimate of drug-likeness (QED) is 0.398. The van der Waals surface area contributed by atoms with E-state index in [2.05, 4.69) is 4.98 Å². The minimum Gasteiger partial charge on any atom is -0.268 e. The summed E-state index contributed by atoms with van der Waals surface area (Å²) in [7, 11) is 0. The topological polar surface area (TPSA) is 56.4 Å². The smallest absolute Gasteiger partial charge is 0.266 e. The highest BCUT2D eigenvalue weighted by molar-refractivity contribution is 6.30. The summed E-state index contributed by atoms with van der Waals surface area (Å²) in [6, 6.07) is 19.6. The summed E-state index contributed by atoms with van der Waals surface area (Å²) in [4.78, 5) is 31.3. The number of fused-ring (bicyclic) bond motifs is 2. The maximum Gasteiger partial charge on any atom is 0.266 e. The van der Waals surface area contributed by atoms with Gasteiger partial charge >= 0.3 is 0 Å². The average molecular weight is 432 g/mol. The summed E-state index contributed by atoms with van der Waals surface area (Å²) in [5, 5.41) is 1.04. The molecule has 0 aliphatic carbocycles. The van der Waals surface area contributed by atoms with Crippen molar-refractivity contribution in [1.82, 2.24) is 14.0 Å². The fourth-order valence-electron chi connectivity index (χ4n) is 3.62. The number of aromatic nitrogens is 3. The predicted octanol–water partition coefficient (Wildman–Crippen LogP) is 4.38. The molecule has 5 rings (SSSR count). The molecular weight excluding hydrogens is 417 g/mol. The molecule has 0 unspecified atom stereocenters. The van der Waals surface area contributed by atoms with E-state index in [0.717, 1.165) is 5.56 Å². The average Bonchev–Trinajstić information content (AvgIpc) is 2.78. The molecule has 5 aromatic rings. The van der Waals surface area contributed by atoms with Gasteiger partial charge in [0.1, 0.15) is 5.82 Å². The number of rotatable bonds is 3. The first kappa shape index (κ1) is 19.2. The van der Waals surface area contributed by atoms with Gasteiger partial charge in [0, 0.05) is 23.2 Å². The minimum atomic E-state index is -0.422. The Labute approximate surface area is 180 Å². The second kappa shape index (κ2) is 7.49. The second-order valence-electron chi connectivity index (χ2n) is 7.18. The van der Waals surface area contributed by atoms with Crippen molar-refractivity contribution in [3.05, 3.63) is 122 Å². The summed E-state index contributed by atoms with van der Waals surface area (Å²) in [6.07, 6.45) is 1.83. The molecular formula is C24H15ClFN3O2. The monoisotopic (exact) mass is 431 g/mol. The van der Waals surface area contributed by atoms with E-state index in [4.69, 9.17) is 11.6 Å². The van der Waals surface area contributed by atoms with Crippen LogP contribution in [0.25, 0.3) is 22.4 Å². The molecule has 152 valence electrons. The number of nitrogens with zero attached hydrogens (tertiary/aromatic N) is 3. The first-order valence-corrected chi connectivity index (χ1v) is 9.95. The Bertz CT molecular complexity index is 1560. The normalized spacial score (nSPS) is 11.3. The van der Waals surface area contributed by atoms with Gasteiger partial charge in [-0.25, -0.2) is 13.9 Å². The van der Waals surface area contributed by atoms with E-state index < -0.39 is 5.82 Å². The van der Waals surface area contributed by atoms with E-state index >= 15 is 0 Å². The van der Waals surface area contributed by atoms with Crippen molar-refractivity contribution >= 4 is 28.3 Å². The number of benzene rings is 3. The summed E-state index contributed by atoms with van der Waals surface area (Å²) >= 11 is 5.97. The van der Waals surface area contributed by atoms with Crippen LogP contribution in [-0.4, -0.2) is 14.0 Å². The Balaban J connectivity index is 1.85. The maximum atomic E-state index is 13.5. The van der Waals surface area contributed by atoms with Gasteiger partial charge < -0.3 is 0 Å². The van der Waals surface area contributed by atoms with Crippen molar-refractivity contribution in [2.24, 2.45) is 0 Å². The van der Waals surface area contributed by atoms with Gasteiger partial charge in [0.2, 0.25) is 5.78 Å². The minimum absolute atomic E-state index is 0.167. The molecule has 0 amide bonds. The SMILES string of the molecule is O=c1c(Cc2ccc(Cl)cc2)cn2c(=O)c3ccccc3nc2n1-c1ccc(F)cc1. The molecule has 0 fully saturated rings. The summed E-state index contributed by atoms with van der Waals surface area (Å²) in [6.45, 7) is 0. The van der Waals surface area contributed by atoms with Crippen LogP contribution in [0.5, 0.6) is 0 Å². The van der Waals surface area contributed by atoms with Crippen molar-refractivity contribution in [3.63, 3.8) is 0 Å². The second-order valence-corrected chi connectivity index (χ2v) is 7.62. The third-order valence-corrected chi connectivity index (χ3v) is 5.40. The van der Waals surface area contributed by atoms with Crippen LogP contribution >= 0.6 is 11.6 Å². The zero-order valence-corrected chi connectivity index (χ0v) is 16.9. The lowest BCUT2D eigenvalue weighted by molar-refractivity contribution is 0.627. The van der Waals surface area contributed by atoms with Gasteiger partial charge in [0.25, 0.3) is 11.1 Å². The van der Waals surface area contributed by atoms with Crippen molar-refractivity contribution in [3.8, 4) is 5.69 Å². The zero-order chi connectivity index (χ0) is 21.5. The van der Waals surface area contributed by atoms with Crippen LogP contribution in [0.2, 0.25) is 5.02 Å². The third kappa shape index (κ3) is 3.41. The predicted molar refractivity (Wildman–Crippen MR) is 119 cm³/mol. The first-order valence-electron chi connectivity index (χ1n) is 9.58. The molecule has 2 aromatic heterocycles. The van der Waals surface area contributed by atoms with Crippen molar-refractivity contribution < 1.29 is 4.39 Å². The number of halogens is 2. The molecule has 0 spiro atoms. The molecule has 0 aliphatic heterocycles. The molecule has 0 saturated heterocycles. The van der Waals surface area contributed by atoms with E-state index in [0.29, 0.717) is 33.6 Å². The highest BCUT2D eigenvalue weighted by atomic mass is 35.5. The Morgan fingerprint density at radius 2 is 1.58 bits per heavy atom. The summed E-state index contributed by atoms with van der Waals surface area (Å²) in [5.41, 5.74) is 1.56. The van der Waals surface area contributed by atoms with Gasteiger partial charge in [-0.1, -0.05) is 35.9 Å². The first-order chi connectivity index (χ1) is 15.0. The van der Waals surface area contributed by atoms with Gasteiger partial charge in [0.15, 0.2) is 0 Å². The lowest BCUT2D eigenvalue weighted by Crippen LogP contribution is -2.30. The standard InChI is InChI=1S/C24H15ClFN3O2/c25-17-7-5-15(6-8-17)13-16-14-28-23(31)20-3-1-2-4-21(20)27-24(28)29(22(16)30)19-11-9-18(26)10-12-19/h1-12,14H,13H2. The largest absolute Gasteiger partial charge is 0.268 e. The molecule has 0 saturated carbocycles. The molecule has 0 radical (unpaired) electrons. The molecule has 0 bridgehead atoms. The van der Waals surface area contributed by atoms with Gasteiger partial charge in [-0.15, -0.1) is 0 Å². The van der Waals surface area contributed by atoms with Crippen molar-refractivity contribution in [2.45, 2.75) is 6.42 Å². The molecule has 2 heterocycles. The molecule has 0 aliphatic rings. The van der Waals surface area contributed by atoms with Gasteiger partial charge in [-0.2, -0.15) is 0 Å². The number of para-hydroxylation sites is 1. The van der Waals surface area contributed by atoms with Crippen LogP contribution in [0.15, 0.2) is 88.6 Å². The Morgan fingerprint density at radius 1 is 0.871 bits per heavy atom. The fourth-order valence-corrected chi connectivity index (χ4v) is 3.75. The van der Waals surface area contributed by atoms with Crippen LogP contribution in [0.1, 0.15) is 11.1 Å². The van der Waals surface area contributed by atoms with E-state index in [9.17, 15) is 14.0 Å². The van der Waals surface area contributed by atoms with E-state index in [1.807, 2.05) is 12.1 Å². The molecule has 5 nitrogen and oxygen atoms in total. The van der Waals surface area contributed by atoms with Crippen LogP contribution in [0.3, 0.4) is 0 Å². The highest BCUT2D eigenvalue weighted by Crippen LogP contribution is 2.16. The van der Waals surface area contributed by atoms with Gasteiger partial charge in [-0.3, -0.25) is 14.0 Å². The third-order valence-electron chi connectivity index (χ3n) is 5.14. The van der Waals surface area contributed by atoms with Crippen LogP contribution < -0.4 is 11.1 Å². The lowest BCUT2D eigenvalue weighted by Gasteiger charge is -2.14. The summed E-state index contributed by atoms with van der Waals surface area (Å²) in [5.74, 6) is -0.255. The molecule has 0 atom stereocenters. The zero-order valence-electron chi connectivity index (χ0n) is 16.1. The molecule has 7 heteroatoms. The number of hydrogen-bond acceptors (Lipinski definition) is 3.